The first kappa shape index (κ1) is 18.4. The van der Waals surface area contributed by atoms with E-state index in [1.165, 1.54) is 29.2 Å². The molecule has 0 aliphatic rings. The molecule has 0 aliphatic heterocycles. The summed E-state index contributed by atoms with van der Waals surface area (Å²) in [5.41, 5.74) is -1.07. The summed E-state index contributed by atoms with van der Waals surface area (Å²) in [5.74, 6) is 0. The van der Waals surface area contributed by atoms with Crippen LogP contribution in [0.4, 0.5) is 13.2 Å². The summed E-state index contributed by atoms with van der Waals surface area (Å²) in [7, 11) is 0. The van der Waals surface area contributed by atoms with Crippen molar-refractivity contribution in [2.24, 2.45) is 0 Å². The first-order valence-corrected chi connectivity index (χ1v) is 8.16. The summed E-state index contributed by atoms with van der Waals surface area (Å²) in [6.45, 7) is 5.66. The van der Waals surface area contributed by atoms with E-state index < -0.39 is 16.8 Å². The van der Waals surface area contributed by atoms with Gasteiger partial charge < -0.3 is 0 Å². The smallest absolute Gasteiger partial charge is 0.294 e. The Kier molecular flexibility index (Phi) is 4.34. The minimum absolute atomic E-state index is 0.120. The minimum atomic E-state index is -4.56. The molecule has 0 saturated heterocycles. The van der Waals surface area contributed by atoms with Crippen LogP contribution in [0, 0.1) is 0 Å². The molecule has 0 unspecified atom stereocenters. The second-order valence-corrected chi connectivity index (χ2v) is 7.30. The molecule has 3 aromatic rings. The molecule has 0 fully saturated rings. The van der Waals surface area contributed by atoms with Gasteiger partial charge in [0.1, 0.15) is 11.7 Å². The number of aromatic nitrogens is 4. The Bertz CT molecular complexity index is 1030. The van der Waals surface area contributed by atoms with Gasteiger partial charge in [0.15, 0.2) is 5.65 Å². The third kappa shape index (κ3) is 3.21. The molecule has 1 aromatic carbocycles. The van der Waals surface area contributed by atoms with E-state index in [2.05, 4.69) is 10.1 Å². The van der Waals surface area contributed by atoms with Gasteiger partial charge in [-0.05, 0) is 32.4 Å². The van der Waals surface area contributed by atoms with Crippen LogP contribution in [0.5, 0.6) is 0 Å². The molecule has 2 heterocycles. The number of fused-ring (bicyclic) bond motifs is 1. The van der Waals surface area contributed by atoms with Crippen molar-refractivity contribution in [2.75, 3.05) is 0 Å². The van der Waals surface area contributed by atoms with Crippen molar-refractivity contribution in [1.82, 2.24) is 19.3 Å². The fourth-order valence-corrected chi connectivity index (χ4v) is 2.95. The normalized spacial score (nSPS) is 12.7. The Morgan fingerprint density at radius 2 is 1.88 bits per heavy atom. The Labute approximate surface area is 152 Å². The monoisotopic (exact) mass is 384 g/mol. The molecule has 3 rings (SSSR count). The predicted octanol–water partition coefficient (Wildman–Crippen LogP) is 4.07. The highest BCUT2D eigenvalue weighted by Crippen LogP contribution is 2.36. The van der Waals surface area contributed by atoms with E-state index in [0.29, 0.717) is 11.0 Å². The van der Waals surface area contributed by atoms with Gasteiger partial charge in [0.05, 0.1) is 28.9 Å². The molecule has 26 heavy (non-hydrogen) atoms. The summed E-state index contributed by atoms with van der Waals surface area (Å²) in [5, 5.41) is 4.08. The van der Waals surface area contributed by atoms with Gasteiger partial charge in [-0.1, -0.05) is 23.7 Å². The molecular weight excluding hydrogens is 369 g/mol. The van der Waals surface area contributed by atoms with E-state index in [0.717, 1.165) is 6.07 Å². The van der Waals surface area contributed by atoms with Crippen molar-refractivity contribution in [3.8, 4) is 0 Å². The largest absolute Gasteiger partial charge is 0.417 e. The molecule has 2 aromatic heterocycles. The molecule has 0 spiro atoms. The van der Waals surface area contributed by atoms with E-state index in [9.17, 15) is 18.0 Å². The van der Waals surface area contributed by atoms with Crippen LogP contribution < -0.4 is 5.56 Å². The maximum absolute atomic E-state index is 13.0. The summed E-state index contributed by atoms with van der Waals surface area (Å²) >= 11 is 5.91. The van der Waals surface area contributed by atoms with Gasteiger partial charge in [-0.2, -0.15) is 18.3 Å². The molecule has 9 heteroatoms. The molecule has 0 bridgehead atoms. The third-order valence-corrected chi connectivity index (χ3v) is 4.36. The van der Waals surface area contributed by atoms with E-state index in [1.54, 1.807) is 4.68 Å². The maximum atomic E-state index is 13.0. The van der Waals surface area contributed by atoms with E-state index in [-0.39, 0.29) is 23.2 Å². The number of benzene rings is 1. The van der Waals surface area contributed by atoms with Crippen LogP contribution in [0.2, 0.25) is 5.02 Å². The molecule has 0 amide bonds. The molecule has 0 radical (unpaired) electrons. The van der Waals surface area contributed by atoms with Crippen LogP contribution in [-0.4, -0.2) is 19.3 Å². The second kappa shape index (κ2) is 6.12. The first-order chi connectivity index (χ1) is 12.0. The summed E-state index contributed by atoms with van der Waals surface area (Å²) in [6.07, 6.45) is -1.85. The number of halogens is 4. The van der Waals surface area contributed by atoms with Crippen LogP contribution in [0.25, 0.3) is 11.0 Å². The minimum Gasteiger partial charge on any atom is -0.294 e. The van der Waals surface area contributed by atoms with Gasteiger partial charge in [-0.25, -0.2) is 9.67 Å². The predicted molar refractivity (Wildman–Crippen MR) is 92.3 cm³/mol. The Hall–Kier alpha value is -2.35. The average molecular weight is 385 g/mol. The number of alkyl halides is 3. The van der Waals surface area contributed by atoms with Crippen molar-refractivity contribution in [2.45, 2.75) is 39.0 Å². The Balaban J connectivity index is 2.06. The maximum Gasteiger partial charge on any atom is 0.417 e. The van der Waals surface area contributed by atoms with Crippen LogP contribution in [-0.2, 0) is 18.3 Å². The first-order valence-electron chi connectivity index (χ1n) is 7.78. The van der Waals surface area contributed by atoms with Gasteiger partial charge in [-0.15, -0.1) is 0 Å². The highest BCUT2D eigenvalue weighted by Gasteiger charge is 2.33. The van der Waals surface area contributed by atoms with Crippen molar-refractivity contribution in [3.05, 3.63) is 57.2 Å². The van der Waals surface area contributed by atoms with Crippen molar-refractivity contribution >= 4 is 22.6 Å². The molecule has 0 aliphatic carbocycles. The number of hydrogen-bond donors (Lipinski definition) is 0. The zero-order valence-electron chi connectivity index (χ0n) is 14.3. The highest BCUT2D eigenvalue weighted by atomic mass is 35.5. The Morgan fingerprint density at radius 1 is 1.19 bits per heavy atom. The van der Waals surface area contributed by atoms with Crippen LogP contribution in [0.3, 0.4) is 0 Å². The highest BCUT2D eigenvalue weighted by molar-refractivity contribution is 6.32. The lowest BCUT2D eigenvalue weighted by atomic mass is 10.1. The van der Waals surface area contributed by atoms with E-state index in [4.69, 9.17) is 11.6 Å². The van der Waals surface area contributed by atoms with Gasteiger partial charge in [0, 0.05) is 0 Å². The molecule has 0 saturated carbocycles. The zero-order valence-corrected chi connectivity index (χ0v) is 15.1. The standard InChI is InChI=1S/C17H16ClF3N4O/c1-16(2,3)25-14-11(7-23-25)15(26)24(9-22-14)8-10-5-4-6-12(13(10)18)17(19,20)21/h4-7,9H,8H2,1-3H3. The Morgan fingerprint density at radius 3 is 2.50 bits per heavy atom. The molecule has 138 valence electrons. The lowest BCUT2D eigenvalue weighted by molar-refractivity contribution is -0.137. The second-order valence-electron chi connectivity index (χ2n) is 6.92. The molecule has 0 N–H and O–H groups in total. The molecule has 0 atom stereocenters. The molecular formula is C17H16ClF3N4O. The number of nitrogens with zero attached hydrogens (tertiary/aromatic N) is 4. The fraction of sp³-hybridized carbons (Fsp3) is 0.353. The lowest BCUT2D eigenvalue weighted by Gasteiger charge is -2.19. The van der Waals surface area contributed by atoms with Crippen molar-refractivity contribution in [1.29, 1.82) is 0 Å². The third-order valence-electron chi connectivity index (χ3n) is 3.91. The van der Waals surface area contributed by atoms with Gasteiger partial charge in [-0.3, -0.25) is 9.36 Å². The zero-order chi connectivity index (χ0) is 19.3. The van der Waals surface area contributed by atoms with Crippen molar-refractivity contribution in [3.63, 3.8) is 0 Å². The van der Waals surface area contributed by atoms with Gasteiger partial charge >= 0.3 is 6.18 Å². The van der Waals surface area contributed by atoms with Gasteiger partial charge in [0.25, 0.3) is 5.56 Å². The van der Waals surface area contributed by atoms with Crippen molar-refractivity contribution < 1.29 is 13.2 Å². The number of hydrogen-bond acceptors (Lipinski definition) is 3. The quantitative estimate of drug-likeness (QED) is 0.669. The van der Waals surface area contributed by atoms with Gasteiger partial charge in [0.2, 0.25) is 0 Å². The van der Waals surface area contributed by atoms with E-state index in [1.807, 2.05) is 20.8 Å². The topological polar surface area (TPSA) is 52.7 Å². The summed E-state index contributed by atoms with van der Waals surface area (Å²) < 4.78 is 41.8. The average Bonchev–Trinajstić information content (AvgIpc) is 2.95. The number of rotatable bonds is 2. The summed E-state index contributed by atoms with van der Waals surface area (Å²) in [6, 6.07) is 3.62. The molecule has 5 nitrogen and oxygen atoms in total. The van der Waals surface area contributed by atoms with Crippen LogP contribution >= 0.6 is 11.6 Å². The van der Waals surface area contributed by atoms with E-state index >= 15 is 0 Å². The fourth-order valence-electron chi connectivity index (χ4n) is 2.66. The SMILES string of the molecule is CC(C)(C)n1ncc2c(=O)n(Cc3cccc(C(F)(F)F)c3Cl)cnc21. The van der Waals surface area contributed by atoms with Crippen LogP contribution in [0.1, 0.15) is 31.9 Å². The van der Waals surface area contributed by atoms with Crippen LogP contribution in [0.15, 0.2) is 35.5 Å². The summed E-state index contributed by atoms with van der Waals surface area (Å²) in [4.78, 5) is 16.9. The lowest BCUT2D eigenvalue weighted by Crippen LogP contribution is -2.25.